The van der Waals surface area contributed by atoms with Gasteiger partial charge in [0.25, 0.3) is 5.91 Å². The van der Waals surface area contributed by atoms with Crippen LogP contribution >= 0.6 is 11.3 Å². The number of carbonyl (C=O) groups is 1. The van der Waals surface area contributed by atoms with Crippen LogP contribution in [0.5, 0.6) is 0 Å². The molecule has 1 unspecified atom stereocenters. The lowest BCUT2D eigenvalue weighted by atomic mass is 9.95. The maximum atomic E-state index is 12.7. The monoisotopic (exact) mass is 340 g/mol. The fourth-order valence-corrected chi connectivity index (χ4v) is 5.01. The summed E-state index contributed by atoms with van der Waals surface area (Å²) >= 11 is 1.77. The number of nitrogens with one attached hydrogen (secondary N) is 1. The molecule has 1 atom stereocenters. The first-order valence-corrected chi connectivity index (χ1v) is 9.84. The van der Waals surface area contributed by atoms with Crippen molar-refractivity contribution in [1.82, 2.24) is 10.2 Å². The second-order valence-corrected chi connectivity index (χ2v) is 7.90. The molecule has 0 bridgehead atoms. The summed E-state index contributed by atoms with van der Waals surface area (Å²) in [6, 6.07) is 10.8. The quantitative estimate of drug-likeness (QED) is 0.922. The molecule has 0 radical (unpaired) electrons. The van der Waals surface area contributed by atoms with Gasteiger partial charge < -0.3 is 5.32 Å². The summed E-state index contributed by atoms with van der Waals surface area (Å²) in [5.74, 6) is 0.140. The number of amides is 1. The molecule has 4 heteroatoms. The number of hydrogen-bond donors (Lipinski definition) is 1. The number of aryl methyl sites for hydroxylation is 1. The number of likely N-dealkylation sites (tertiary alicyclic amines) is 1. The van der Waals surface area contributed by atoms with E-state index < -0.39 is 0 Å². The van der Waals surface area contributed by atoms with Crippen LogP contribution in [0.3, 0.4) is 0 Å². The molecule has 1 saturated heterocycles. The zero-order valence-electron chi connectivity index (χ0n) is 14.0. The topological polar surface area (TPSA) is 32.3 Å². The van der Waals surface area contributed by atoms with Crippen LogP contribution in [0.2, 0.25) is 0 Å². The standard InChI is InChI=1S/C20H24N2OS/c23-20(18-14-24-19-9-5-4-8-17(18)19)21-16-10-11-22(13-16)12-15-6-2-1-3-7-15/h1-3,6-7,14,16H,4-5,8-13H2,(H,21,23). The van der Waals surface area contributed by atoms with Crippen LogP contribution in [0.4, 0.5) is 0 Å². The number of rotatable bonds is 4. The molecular formula is C20H24N2OS. The van der Waals surface area contributed by atoms with E-state index in [-0.39, 0.29) is 11.9 Å². The van der Waals surface area contributed by atoms with Gasteiger partial charge >= 0.3 is 0 Å². The fraction of sp³-hybridized carbons (Fsp3) is 0.450. The van der Waals surface area contributed by atoms with Gasteiger partial charge in [-0.3, -0.25) is 9.69 Å². The Morgan fingerprint density at radius 2 is 2.04 bits per heavy atom. The molecule has 126 valence electrons. The van der Waals surface area contributed by atoms with Crippen LogP contribution < -0.4 is 5.32 Å². The molecule has 1 N–H and O–H groups in total. The van der Waals surface area contributed by atoms with Gasteiger partial charge in [-0.05, 0) is 43.2 Å². The predicted octanol–water partition coefficient (Wildman–Crippen LogP) is 3.63. The molecule has 1 fully saturated rings. The van der Waals surface area contributed by atoms with Crippen molar-refractivity contribution < 1.29 is 4.79 Å². The van der Waals surface area contributed by atoms with E-state index in [2.05, 4.69) is 45.9 Å². The largest absolute Gasteiger partial charge is 0.348 e. The summed E-state index contributed by atoms with van der Waals surface area (Å²) in [6.45, 7) is 2.98. The summed E-state index contributed by atoms with van der Waals surface area (Å²) in [5.41, 5.74) is 3.61. The highest BCUT2D eigenvalue weighted by molar-refractivity contribution is 7.10. The Labute approximate surface area is 147 Å². The lowest BCUT2D eigenvalue weighted by molar-refractivity contribution is 0.0937. The van der Waals surface area contributed by atoms with Gasteiger partial charge in [-0.15, -0.1) is 11.3 Å². The van der Waals surface area contributed by atoms with E-state index in [1.54, 1.807) is 11.3 Å². The molecule has 2 aromatic rings. The van der Waals surface area contributed by atoms with Crippen molar-refractivity contribution in [3.8, 4) is 0 Å². The van der Waals surface area contributed by atoms with Gasteiger partial charge in [0.15, 0.2) is 0 Å². The average molecular weight is 340 g/mol. The number of hydrogen-bond acceptors (Lipinski definition) is 3. The van der Waals surface area contributed by atoms with Crippen molar-refractivity contribution in [2.45, 2.75) is 44.7 Å². The molecule has 1 aromatic carbocycles. The number of nitrogens with zero attached hydrogens (tertiary/aromatic N) is 1. The summed E-state index contributed by atoms with van der Waals surface area (Å²) in [5, 5.41) is 5.34. The van der Waals surface area contributed by atoms with Gasteiger partial charge in [0.1, 0.15) is 0 Å². The SMILES string of the molecule is O=C(NC1CCN(Cc2ccccc2)C1)c1csc2c1CCCC2. The Kier molecular flexibility index (Phi) is 4.67. The molecule has 1 aliphatic carbocycles. The van der Waals surface area contributed by atoms with E-state index in [9.17, 15) is 4.79 Å². The highest BCUT2D eigenvalue weighted by atomic mass is 32.1. The Hall–Kier alpha value is -1.65. The minimum absolute atomic E-state index is 0.140. The molecule has 0 saturated carbocycles. The Bertz CT molecular complexity index is 710. The molecule has 2 heterocycles. The summed E-state index contributed by atoms with van der Waals surface area (Å²) < 4.78 is 0. The van der Waals surface area contributed by atoms with Gasteiger partial charge in [0, 0.05) is 35.9 Å². The Balaban J connectivity index is 1.35. The van der Waals surface area contributed by atoms with Crippen molar-refractivity contribution in [2.75, 3.05) is 13.1 Å². The molecule has 24 heavy (non-hydrogen) atoms. The van der Waals surface area contributed by atoms with Crippen LogP contribution in [0.15, 0.2) is 35.7 Å². The van der Waals surface area contributed by atoms with Crippen LogP contribution in [-0.4, -0.2) is 29.9 Å². The molecule has 1 aliphatic heterocycles. The fourth-order valence-electron chi connectivity index (χ4n) is 3.88. The van der Waals surface area contributed by atoms with E-state index in [0.717, 1.165) is 44.5 Å². The van der Waals surface area contributed by atoms with Gasteiger partial charge in [-0.25, -0.2) is 0 Å². The smallest absolute Gasteiger partial charge is 0.252 e. The van der Waals surface area contributed by atoms with Crippen molar-refractivity contribution in [3.63, 3.8) is 0 Å². The van der Waals surface area contributed by atoms with Crippen LogP contribution in [0.1, 0.15) is 45.6 Å². The minimum atomic E-state index is 0.140. The van der Waals surface area contributed by atoms with E-state index in [0.29, 0.717) is 0 Å². The second-order valence-electron chi connectivity index (χ2n) is 6.94. The average Bonchev–Trinajstić information content (AvgIpc) is 3.22. The highest BCUT2D eigenvalue weighted by Crippen LogP contribution is 2.30. The maximum Gasteiger partial charge on any atom is 0.252 e. The number of benzene rings is 1. The zero-order chi connectivity index (χ0) is 16.4. The van der Waals surface area contributed by atoms with Gasteiger partial charge in [0.05, 0.1) is 5.56 Å². The molecular weight excluding hydrogens is 316 g/mol. The van der Waals surface area contributed by atoms with Crippen LogP contribution in [-0.2, 0) is 19.4 Å². The zero-order valence-corrected chi connectivity index (χ0v) is 14.8. The lowest BCUT2D eigenvalue weighted by Gasteiger charge is -2.17. The lowest BCUT2D eigenvalue weighted by Crippen LogP contribution is -2.37. The first-order chi connectivity index (χ1) is 11.8. The number of fused-ring (bicyclic) bond motifs is 1. The molecule has 1 aromatic heterocycles. The summed E-state index contributed by atoms with van der Waals surface area (Å²) in [6.07, 6.45) is 5.77. The first kappa shape index (κ1) is 15.9. The Morgan fingerprint density at radius 3 is 2.92 bits per heavy atom. The third-order valence-electron chi connectivity index (χ3n) is 5.16. The molecule has 0 spiro atoms. The van der Waals surface area contributed by atoms with Crippen molar-refractivity contribution >= 4 is 17.2 Å². The van der Waals surface area contributed by atoms with E-state index >= 15 is 0 Å². The third-order valence-corrected chi connectivity index (χ3v) is 6.25. The second kappa shape index (κ2) is 7.08. The number of thiophene rings is 1. The van der Waals surface area contributed by atoms with Gasteiger partial charge in [-0.1, -0.05) is 30.3 Å². The first-order valence-electron chi connectivity index (χ1n) is 8.96. The number of carbonyl (C=O) groups excluding carboxylic acids is 1. The third kappa shape index (κ3) is 3.40. The Morgan fingerprint density at radius 1 is 1.21 bits per heavy atom. The van der Waals surface area contributed by atoms with Crippen LogP contribution in [0, 0.1) is 0 Å². The molecule has 4 rings (SSSR count). The highest BCUT2D eigenvalue weighted by Gasteiger charge is 2.26. The van der Waals surface area contributed by atoms with Gasteiger partial charge in [0.2, 0.25) is 0 Å². The molecule has 1 amide bonds. The van der Waals surface area contributed by atoms with Gasteiger partial charge in [-0.2, -0.15) is 0 Å². The molecule has 3 nitrogen and oxygen atoms in total. The predicted molar refractivity (Wildman–Crippen MR) is 98.6 cm³/mol. The maximum absolute atomic E-state index is 12.7. The van der Waals surface area contributed by atoms with Crippen LogP contribution in [0.25, 0.3) is 0 Å². The summed E-state index contributed by atoms with van der Waals surface area (Å²) in [7, 11) is 0. The van der Waals surface area contributed by atoms with Crippen molar-refractivity contribution in [2.24, 2.45) is 0 Å². The van der Waals surface area contributed by atoms with Crippen molar-refractivity contribution in [1.29, 1.82) is 0 Å². The van der Waals surface area contributed by atoms with E-state index in [4.69, 9.17) is 0 Å². The summed E-state index contributed by atoms with van der Waals surface area (Å²) in [4.78, 5) is 16.5. The molecule has 2 aliphatic rings. The van der Waals surface area contributed by atoms with E-state index in [1.165, 1.54) is 28.8 Å². The normalized spacial score (nSPS) is 20.8. The minimum Gasteiger partial charge on any atom is -0.348 e. The van der Waals surface area contributed by atoms with E-state index in [1.807, 2.05) is 0 Å². The van der Waals surface area contributed by atoms with Crippen molar-refractivity contribution in [3.05, 3.63) is 57.3 Å².